The number of imidazole rings is 2. The van der Waals surface area contributed by atoms with Gasteiger partial charge in [0.1, 0.15) is 22.9 Å². The summed E-state index contributed by atoms with van der Waals surface area (Å²) in [5.74, 6) is -2.14. The highest BCUT2D eigenvalue weighted by molar-refractivity contribution is 6.08. The van der Waals surface area contributed by atoms with Gasteiger partial charge in [-0.25, -0.2) is 9.97 Å². The molecular weight excluding hydrogens is 1070 g/mol. The number of carbonyl (C=O) groups is 9. The number of rotatable bonds is 28. The second-order valence-corrected chi connectivity index (χ2v) is 21.7. The van der Waals surface area contributed by atoms with Gasteiger partial charge in [-0.05, 0) is 93.0 Å². The molecule has 440 valence electrons. The fourth-order valence-corrected chi connectivity index (χ4v) is 10.2. The van der Waals surface area contributed by atoms with Gasteiger partial charge in [0, 0.05) is 151 Å². The first-order valence-electron chi connectivity index (χ1n) is 27.4. The summed E-state index contributed by atoms with van der Waals surface area (Å²) < 4.78 is 13.0. The fraction of sp³-hybridized carbons (Fsp3) is 0.350. The van der Waals surface area contributed by atoms with Crippen molar-refractivity contribution < 1.29 is 43.2 Å². The monoisotopic (exact) mass is 1150 g/mol. The third kappa shape index (κ3) is 14.7. The molecule has 0 aliphatic carbocycles. The van der Waals surface area contributed by atoms with E-state index in [9.17, 15) is 43.2 Å². The largest absolute Gasteiger partial charge is 0.351 e. The van der Waals surface area contributed by atoms with Gasteiger partial charge in [0.15, 0.2) is 29.0 Å². The van der Waals surface area contributed by atoms with Gasteiger partial charge in [-0.1, -0.05) is 0 Å². The Labute approximate surface area is 485 Å². The summed E-state index contributed by atoms with van der Waals surface area (Å²) in [6.07, 6.45) is 17.6. The molecule has 24 heteroatoms. The van der Waals surface area contributed by atoms with Crippen LogP contribution in [0.25, 0.3) is 0 Å². The van der Waals surface area contributed by atoms with Crippen LogP contribution < -0.4 is 21.3 Å². The topological polar surface area (TPSA) is 270 Å². The summed E-state index contributed by atoms with van der Waals surface area (Å²) in [5, 5.41) is 11.2. The molecule has 8 aromatic rings. The Kier molecular flexibility index (Phi) is 18.7. The molecule has 8 rings (SSSR count). The van der Waals surface area contributed by atoms with Crippen molar-refractivity contribution >= 4 is 69.6 Å². The van der Waals surface area contributed by atoms with Crippen LogP contribution in [0, 0.1) is 0 Å². The summed E-state index contributed by atoms with van der Waals surface area (Å²) in [7, 11) is 17.6. The quantitative estimate of drug-likeness (QED) is 0.0352. The number of hydrogen-bond donors (Lipinski definition) is 4. The first-order valence-corrected chi connectivity index (χ1v) is 27.4. The molecule has 4 N–H and O–H groups in total. The van der Waals surface area contributed by atoms with Crippen LogP contribution in [-0.4, -0.2) is 131 Å². The lowest BCUT2D eigenvalue weighted by Crippen LogP contribution is -2.26. The summed E-state index contributed by atoms with van der Waals surface area (Å²) in [5.41, 5.74) is 5.67. The van der Waals surface area contributed by atoms with Gasteiger partial charge in [-0.3, -0.25) is 43.2 Å². The minimum absolute atomic E-state index is 0.0174. The first-order chi connectivity index (χ1) is 39.9. The zero-order valence-corrected chi connectivity index (χ0v) is 49.0. The second-order valence-electron chi connectivity index (χ2n) is 21.7. The Bertz CT molecular complexity index is 3840. The van der Waals surface area contributed by atoms with Gasteiger partial charge in [0.05, 0.1) is 46.3 Å². The number of nitrogens with zero attached hydrogens (tertiary/aromatic N) is 11. The predicted molar refractivity (Wildman–Crippen MR) is 314 cm³/mol. The molecule has 0 radical (unpaired) electrons. The predicted octanol–water partition coefficient (Wildman–Crippen LogP) is 5.45. The van der Waals surface area contributed by atoms with Gasteiger partial charge in [0.2, 0.25) is 5.78 Å². The molecular formula is C60H71N15O9. The molecule has 0 aromatic carbocycles. The van der Waals surface area contributed by atoms with Crippen LogP contribution in [0.3, 0.4) is 0 Å². The summed E-state index contributed by atoms with van der Waals surface area (Å²) >= 11 is 0. The summed E-state index contributed by atoms with van der Waals surface area (Å²) in [4.78, 5) is 130. The van der Waals surface area contributed by atoms with Gasteiger partial charge < -0.3 is 62.7 Å². The number of amides is 4. The van der Waals surface area contributed by atoms with E-state index in [1.54, 1.807) is 154 Å². The van der Waals surface area contributed by atoms with Crippen LogP contribution in [0.5, 0.6) is 0 Å². The van der Waals surface area contributed by atoms with Gasteiger partial charge in [0.25, 0.3) is 23.6 Å². The minimum atomic E-state index is -0.489. The van der Waals surface area contributed by atoms with E-state index in [0.29, 0.717) is 63.8 Å². The van der Waals surface area contributed by atoms with Crippen molar-refractivity contribution in [3.63, 3.8) is 0 Å². The lowest BCUT2D eigenvalue weighted by atomic mass is 10.1. The number of aryl methyl sites for hydroxylation is 8. The molecule has 0 aliphatic rings. The Morgan fingerprint density at radius 1 is 0.429 bits per heavy atom. The van der Waals surface area contributed by atoms with Crippen molar-refractivity contribution in [3.8, 4) is 0 Å². The first kappa shape index (κ1) is 60.4. The number of aromatic nitrogens is 10. The number of ketones is 5. The van der Waals surface area contributed by atoms with Gasteiger partial charge in [-0.2, -0.15) is 0 Å². The van der Waals surface area contributed by atoms with E-state index >= 15 is 0 Å². The highest BCUT2D eigenvalue weighted by Crippen LogP contribution is 2.22. The highest BCUT2D eigenvalue weighted by Gasteiger charge is 2.24. The third-order valence-corrected chi connectivity index (χ3v) is 14.4. The molecule has 0 unspecified atom stereocenters. The number of hydrogen-bond acceptors (Lipinski definition) is 12. The van der Waals surface area contributed by atoms with Crippen LogP contribution in [0.2, 0.25) is 0 Å². The van der Waals surface area contributed by atoms with E-state index in [1.165, 1.54) is 24.4 Å². The molecule has 8 heterocycles. The van der Waals surface area contributed by atoms with Crippen LogP contribution in [-0.2, 0) is 86.9 Å². The molecule has 0 aliphatic heterocycles. The van der Waals surface area contributed by atoms with Gasteiger partial charge in [-0.15, -0.1) is 0 Å². The summed E-state index contributed by atoms with van der Waals surface area (Å²) in [6.45, 7) is 1.12. The SMILES string of the molecule is CN(C)CCCCC(=O)c1cc(CC(=O)c2cc(CC(=O)c3nc(CC(=O)c4cc(CC(=O)CCCNC(=O)c5cc(NC(=O)c6cc(NC(=O)c7cc(NC(=O)c8nccn8C)cn7C)cn6C)cn5C)cn4C)cn3C)cn2C)cn1C. The maximum absolute atomic E-state index is 13.6. The van der Waals surface area contributed by atoms with Crippen LogP contribution in [0.1, 0.15) is 139 Å². The molecule has 24 nitrogen and oxygen atoms in total. The Morgan fingerprint density at radius 3 is 1.40 bits per heavy atom. The van der Waals surface area contributed by atoms with Crippen LogP contribution in [0.15, 0.2) is 92.2 Å². The third-order valence-electron chi connectivity index (χ3n) is 14.4. The number of Topliss-reactive ketones (excluding diaryl/α,β-unsaturated/α-hetero) is 5. The maximum atomic E-state index is 13.6. The van der Waals surface area contributed by atoms with Crippen LogP contribution >= 0.6 is 0 Å². The average Bonchev–Trinajstić information content (AvgIpc) is 4.24. The number of unbranched alkanes of at least 4 members (excludes halogenated alkanes) is 1. The van der Waals surface area contributed by atoms with E-state index in [2.05, 4.69) is 36.1 Å². The minimum Gasteiger partial charge on any atom is -0.351 e. The van der Waals surface area contributed by atoms with E-state index in [-0.39, 0.29) is 96.3 Å². The van der Waals surface area contributed by atoms with E-state index in [1.807, 2.05) is 20.3 Å². The lowest BCUT2D eigenvalue weighted by Gasteiger charge is -2.08. The van der Waals surface area contributed by atoms with Crippen molar-refractivity contribution in [1.29, 1.82) is 0 Å². The fourth-order valence-electron chi connectivity index (χ4n) is 10.2. The number of anilines is 3. The van der Waals surface area contributed by atoms with E-state index < -0.39 is 23.6 Å². The smallest absolute Gasteiger partial charge is 0.291 e. The number of carbonyl (C=O) groups excluding carboxylic acids is 9. The molecule has 8 aromatic heterocycles. The zero-order valence-electron chi connectivity index (χ0n) is 49.0. The average molecular weight is 1150 g/mol. The van der Waals surface area contributed by atoms with Crippen molar-refractivity contribution in [2.24, 2.45) is 56.4 Å². The summed E-state index contributed by atoms with van der Waals surface area (Å²) in [6, 6.07) is 9.73. The molecule has 84 heavy (non-hydrogen) atoms. The standard InChI is InChI=1S/C60H71N15O9/c1-67(2)18-12-11-15-51(77)45-22-38(31-69(45)4)24-52(78)46-23-39(32-71(46)6)25-54(80)55-63-43(36-75(55)10)29-53(79)47-21-37(30-70(47)5)20-44(76)14-13-16-62-57(81)48-26-40(33-72(48)7)64-58(82)49-27-41(34-73(49)8)65-59(83)50-28-42(35-74(50)9)66-60(84)56-61-17-19-68(56)3/h17,19,21-23,26-28,30-36H,11-16,18,20,24-25,29H2,1-10H3,(H,62,81)(H,64,82)(H,65,83)(H,66,84). The van der Waals surface area contributed by atoms with Crippen molar-refractivity contribution in [2.75, 3.05) is 43.1 Å². The normalized spacial score (nSPS) is 11.3. The Hall–Kier alpha value is -9.71. The Balaban J connectivity index is 0.758. The molecule has 0 atom stereocenters. The molecule has 0 saturated heterocycles. The Morgan fingerprint density at radius 2 is 0.893 bits per heavy atom. The van der Waals surface area contributed by atoms with E-state index in [4.69, 9.17) is 0 Å². The van der Waals surface area contributed by atoms with Crippen molar-refractivity contribution in [3.05, 3.63) is 160 Å². The number of nitrogens with one attached hydrogen (secondary N) is 4. The van der Waals surface area contributed by atoms with Gasteiger partial charge >= 0.3 is 0 Å². The molecule has 0 saturated carbocycles. The highest BCUT2D eigenvalue weighted by atomic mass is 16.2. The van der Waals surface area contributed by atoms with Crippen LogP contribution in [0.4, 0.5) is 17.1 Å². The van der Waals surface area contributed by atoms with Crippen molar-refractivity contribution in [1.82, 2.24) is 56.7 Å². The zero-order chi connectivity index (χ0) is 60.7. The molecule has 4 amide bonds. The second kappa shape index (κ2) is 26.0. The molecule has 0 spiro atoms. The molecule has 0 bridgehead atoms. The lowest BCUT2D eigenvalue weighted by molar-refractivity contribution is -0.118. The molecule has 0 fully saturated rings. The maximum Gasteiger partial charge on any atom is 0.291 e. The van der Waals surface area contributed by atoms with E-state index in [0.717, 1.165) is 24.9 Å². The van der Waals surface area contributed by atoms with Crippen molar-refractivity contribution in [2.45, 2.75) is 57.8 Å².